The topological polar surface area (TPSA) is 41.6 Å². The first kappa shape index (κ1) is 8.54. The number of hydrogen-bond donors (Lipinski definition) is 0. The molecule has 0 aliphatic heterocycles. The molecule has 0 aliphatic rings. The molecule has 0 amide bonds. The van der Waals surface area contributed by atoms with Crippen LogP contribution in [-0.2, 0) is 6.54 Å². The summed E-state index contributed by atoms with van der Waals surface area (Å²) >= 11 is 0. The maximum atomic E-state index is 8.70. The Morgan fingerprint density at radius 2 is 2.50 bits per heavy atom. The van der Waals surface area contributed by atoms with Gasteiger partial charge in [0.05, 0.1) is 6.20 Å². The van der Waals surface area contributed by atoms with E-state index in [0.29, 0.717) is 5.69 Å². The van der Waals surface area contributed by atoms with Gasteiger partial charge in [-0.25, -0.2) is 4.98 Å². The maximum Gasteiger partial charge on any atom is 0.140 e. The summed E-state index contributed by atoms with van der Waals surface area (Å²) < 4.78 is 1.88. The normalized spacial score (nSPS) is 10.4. The van der Waals surface area contributed by atoms with Crippen LogP contribution >= 0.6 is 0 Å². The van der Waals surface area contributed by atoms with E-state index in [9.17, 15) is 0 Å². The molecule has 62 valence electrons. The maximum absolute atomic E-state index is 8.70. The van der Waals surface area contributed by atoms with E-state index in [2.05, 4.69) is 11.1 Å². The Balaban J connectivity index is 3.15. The van der Waals surface area contributed by atoms with Crippen molar-refractivity contribution in [2.45, 2.75) is 20.4 Å². The lowest BCUT2D eigenvalue weighted by molar-refractivity contribution is 0.742. The zero-order valence-corrected chi connectivity index (χ0v) is 7.28. The van der Waals surface area contributed by atoms with Crippen molar-refractivity contribution >= 4 is 6.08 Å². The summed E-state index contributed by atoms with van der Waals surface area (Å²) in [6.45, 7) is 4.71. The van der Waals surface area contributed by atoms with Crippen LogP contribution in [0.4, 0.5) is 0 Å². The summed E-state index contributed by atoms with van der Waals surface area (Å²) in [5, 5.41) is 8.70. The third-order valence-electron chi connectivity index (χ3n) is 1.63. The monoisotopic (exact) mass is 161 g/mol. The predicted molar refractivity (Wildman–Crippen MR) is 47.3 cm³/mol. The minimum absolute atomic E-state index is 0.616. The Hall–Kier alpha value is -1.56. The molecule has 1 heterocycles. The van der Waals surface area contributed by atoms with E-state index in [1.54, 1.807) is 6.20 Å². The van der Waals surface area contributed by atoms with Gasteiger partial charge in [-0.15, -0.1) is 0 Å². The van der Waals surface area contributed by atoms with Crippen LogP contribution < -0.4 is 0 Å². The van der Waals surface area contributed by atoms with Gasteiger partial charge in [-0.05, 0) is 19.9 Å². The highest BCUT2D eigenvalue weighted by Crippen LogP contribution is 2.05. The fraction of sp³-hybridized carbons (Fsp3) is 0.333. The molecule has 0 saturated heterocycles. The van der Waals surface area contributed by atoms with Crippen LogP contribution in [0.1, 0.15) is 25.4 Å². The highest BCUT2D eigenvalue weighted by molar-refractivity contribution is 5.42. The number of nitrogens with zero attached hydrogens (tertiary/aromatic N) is 3. The average molecular weight is 161 g/mol. The van der Waals surface area contributed by atoms with Crippen molar-refractivity contribution in [2.75, 3.05) is 0 Å². The molecule has 0 N–H and O–H groups in total. The van der Waals surface area contributed by atoms with Crippen LogP contribution in [0, 0.1) is 11.3 Å². The first-order valence-corrected chi connectivity index (χ1v) is 3.91. The van der Waals surface area contributed by atoms with Gasteiger partial charge in [0.1, 0.15) is 17.6 Å². The van der Waals surface area contributed by atoms with Gasteiger partial charge in [0, 0.05) is 6.54 Å². The largest absolute Gasteiger partial charge is 0.317 e. The first-order chi connectivity index (χ1) is 5.83. The molecule has 0 aromatic carbocycles. The quantitative estimate of drug-likeness (QED) is 0.663. The van der Waals surface area contributed by atoms with Crippen molar-refractivity contribution in [1.29, 1.82) is 5.26 Å². The van der Waals surface area contributed by atoms with Gasteiger partial charge in [0.25, 0.3) is 0 Å². The standard InChI is InChI=1S/C9H11N3/c1-3-5-9-11-7-8(6-10)12(9)4-2/h3,5,7H,4H2,1-2H3/b5-3-. The summed E-state index contributed by atoms with van der Waals surface area (Å²) in [6, 6.07) is 2.09. The van der Waals surface area contributed by atoms with Gasteiger partial charge in [-0.2, -0.15) is 5.26 Å². The lowest BCUT2D eigenvalue weighted by atomic mass is 10.4. The van der Waals surface area contributed by atoms with E-state index >= 15 is 0 Å². The highest BCUT2D eigenvalue weighted by Gasteiger charge is 2.03. The summed E-state index contributed by atoms with van der Waals surface area (Å²) in [5.41, 5.74) is 0.616. The van der Waals surface area contributed by atoms with Crippen molar-refractivity contribution in [2.24, 2.45) is 0 Å². The molecule has 3 heteroatoms. The number of aromatic nitrogens is 2. The minimum Gasteiger partial charge on any atom is -0.317 e. The van der Waals surface area contributed by atoms with E-state index < -0.39 is 0 Å². The second-order valence-electron chi connectivity index (χ2n) is 2.36. The third-order valence-corrected chi connectivity index (χ3v) is 1.63. The van der Waals surface area contributed by atoms with Gasteiger partial charge < -0.3 is 4.57 Å². The molecule has 0 bridgehead atoms. The Morgan fingerprint density at radius 3 is 3.00 bits per heavy atom. The molecule has 0 fully saturated rings. The molecular formula is C9H11N3. The van der Waals surface area contributed by atoms with Gasteiger partial charge >= 0.3 is 0 Å². The average Bonchev–Trinajstić information content (AvgIpc) is 2.47. The summed E-state index contributed by atoms with van der Waals surface area (Å²) in [4.78, 5) is 4.10. The van der Waals surface area contributed by atoms with Crippen LogP contribution in [0.3, 0.4) is 0 Å². The second-order valence-corrected chi connectivity index (χ2v) is 2.36. The van der Waals surface area contributed by atoms with Crippen LogP contribution in [0.5, 0.6) is 0 Å². The van der Waals surface area contributed by atoms with Crippen LogP contribution in [-0.4, -0.2) is 9.55 Å². The highest BCUT2D eigenvalue weighted by atomic mass is 15.1. The van der Waals surface area contributed by atoms with E-state index in [0.717, 1.165) is 12.4 Å². The Bertz CT molecular complexity index is 328. The summed E-state index contributed by atoms with van der Waals surface area (Å²) in [5.74, 6) is 0.844. The molecule has 0 atom stereocenters. The second kappa shape index (κ2) is 3.72. The van der Waals surface area contributed by atoms with Crippen LogP contribution in [0.2, 0.25) is 0 Å². The molecule has 0 aliphatic carbocycles. The number of hydrogen-bond acceptors (Lipinski definition) is 2. The van der Waals surface area contributed by atoms with Crippen molar-refractivity contribution < 1.29 is 0 Å². The molecular weight excluding hydrogens is 150 g/mol. The van der Waals surface area contributed by atoms with Crippen molar-refractivity contribution in [3.05, 3.63) is 23.8 Å². The van der Waals surface area contributed by atoms with Crippen molar-refractivity contribution in [3.63, 3.8) is 0 Å². The molecule has 1 rings (SSSR count). The molecule has 1 aromatic rings. The number of nitriles is 1. The number of imidazole rings is 1. The molecule has 0 radical (unpaired) electrons. The fourth-order valence-corrected chi connectivity index (χ4v) is 1.09. The molecule has 0 spiro atoms. The first-order valence-electron chi connectivity index (χ1n) is 3.91. The van der Waals surface area contributed by atoms with E-state index in [1.807, 2.05) is 30.6 Å². The molecule has 0 unspecified atom stereocenters. The molecule has 1 aromatic heterocycles. The molecule has 3 nitrogen and oxygen atoms in total. The smallest absolute Gasteiger partial charge is 0.140 e. The van der Waals surface area contributed by atoms with E-state index in [4.69, 9.17) is 5.26 Å². The van der Waals surface area contributed by atoms with E-state index in [1.165, 1.54) is 0 Å². The zero-order chi connectivity index (χ0) is 8.97. The SMILES string of the molecule is C/C=C\c1ncc(C#N)n1CC. The predicted octanol–water partition coefficient (Wildman–Crippen LogP) is 1.81. The van der Waals surface area contributed by atoms with Crippen LogP contribution in [0.25, 0.3) is 6.08 Å². The summed E-state index contributed by atoms with van der Waals surface area (Å²) in [7, 11) is 0. The van der Waals surface area contributed by atoms with Gasteiger partial charge in [-0.1, -0.05) is 6.08 Å². The molecule has 12 heavy (non-hydrogen) atoms. The van der Waals surface area contributed by atoms with Gasteiger partial charge in [0.2, 0.25) is 0 Å². The fourth-order valence-electron chi connectivity index (χ4n) is 1.09. The van der Waals surface area contributed by atoms with E-state index in [-0.39, 0.29) is 0 Å². The zero-order valence-electron chi connectivity index (χ0n) is 7.28. The Labute approximate surface area is 72.0 Å². The van der Waals surface area contributed by atoms with Crippen LogP contribution in [0.15, 0.2) is 12.3 Å². The third kappa shape index (κ3) is 1.37. The van der Waals surface area contributed by atoms with Crippen molar-refractivity contribution in [1.82, 2.24) is 9.55 Å². The van der Waals surface area contributed by atoms with Gasteiger partial charge in [-0.3, -0.25) is 0 Å². The summed E-state index contributed by atoms with van der Waals surface area (Å²) in [6.07, 6.45) is 5.40. The molecule has 0 saturated carbocycles. The van der Waals surface area contributed by atoms with Crippen molar-refractivity contribution in [3.8, 4) is 6.07 Å². The lowest BCUT2D eigenvalue weighted by Crippen LogP contribution is -1.99. The number of allylic oxidation sites excluding steroid dienone is 1. The Kier molecular flexibility index (Phi) is 2.65. The van der Waals surface area contributed by atoms with Gasteiger partial charge in [0.15, 0.2) is 0 Å². The Morgan fingerprint density at radius 1 is 1.75 bits per heavy atom. The lowest BCUT2D eigenvalue weighted by Gasteiger charge is -2.00. The minimum atomic E-state index is 0.616. The number of rotatable bonds is 2.